The molecule has 1 aromatic carbocycles. The van der Waals surface area contributed by atoms with Crippen LogP contribution >= 0.6 is 0 Å². The Morgan fingerprint density at radius 2 is 2.00 bits per heavy atom. The second-order valence-corrected chi connectivity index (χ2v) is 2.94. The molecule has 4 heteroatoms. The van der Waals surface area contributed by atoms with E-state index in [0.29, 0.717) is 0 Å². The summed E-state index contributed by atoms with van der Waals surface area (Å²) >= 11 is 0. The van der Waals surface area contributed by atoms with Gasteiger partial charge in [-0.2, -0.15) is 5.06 Å². The Morgan fingerprint density at radius 3 is 2.50 bits per heavy atom. The van der Waals surface area contributed by atoms with Crippen LogP contribution in [0.15, 0.2) is 30.3 Å². The number of nitrogens with zero attached hydrogens (tertiary/aromatic N) is 1. The molecular formula is C10H13NO3. The molecule has 1 aromatic rings. The van der Waals surface area contributed by atoms with Crippen molar-refractivity contribution in [2.75, 3.05) is 7.05 Å². The molecule has 4 nitrogen and oxygen atoms in total. The summed E-state index contributed by atoms with van der Waals surface area (Å²) in [5, 5.41) is 9.38. The van der Waals surface area contributed by atoms with E-state index in [2.05, 4.69) is 0 Å². The van der Waals surface area contributed by atoms with E-state index in [9.17, 15) is 4.79 Å². The number of amides is 1. The van der Waals surface area contributed by atoms with Crippen LogP contribution in [0.3, 0.4) is 0 Å². The molecule has 0 spiro atoms. The standard InChI is InChI=1S/C10H13NO3/c1-8(14-11(2)10(12)13)9-6-4-3-5-7-9/h3-8H,1-2H3,(H,12,13). The number of benzene rings is 1. The largest absolute Gasteiger partial charge is 0.463 e. The molecule has 0 saturated carbocycles. The van der Waals surface area contributed by atoms with E-state index in [1.54, 1.807) is 6.92 Å². The number of hydrogen-bond acceptors (Lipinski definition) is 2. The number of hydroxylamine groups is 2. The van der Waals surface area contributed by atoms with E-state index in [1.165, 1.54) is 7.05 Å². The summed E-state index contributed by atoms with van der Waals surface area (Å²) in [5.41, 5.74) is 0.945. The Morgan fingerprint density at radius 1 is 1.43 bits per heavy atom. The zero-order valence-electron chi connectivity index (χ0n) is 8.18. The summed E-state index contributed by atoms with van der Waals surface area (Å²) < 4.78 is 0. The van der Waals surface area contributed by atoms with Gasteiger partial charge in [-0.05, 0) is 12.5 Å². The number of hydrogen-bond donors (Lipinski definition) is 1. The summed E-state index contributed by atoms with van der Waals surface area (Å²) in [5.74, 6) is 0. The maximum absolute atomic E-state index is 10.5. The van der Waals surface area contributed by atoms with Gasteiger partial charge in [0.25, 0.3) is 0 Å². The third-order valence-corrected chi connectivity index (χ3v) is 1.85. The average molecular weight is 195 g/mol. The molecule has 0 aliphatic heterocycles. The lowest BCUT2D eigenvalue weighted by Gasteiger charge is -2.18. The second kappa shape index (κ2) is 4.62. The predicted molar refractivity (Wildman–Crippen MR) is 51.7 cm³/mol. The molecule has 0 radical (unpaired) electrons. The van der Waals surface area contributed by atoms with Crippen molar-refractivity contribution in [3.8, 4) is 0 Å². The molecule has 1 unspecified atom stereocenters. The van der Waals surface area contributed by atoms with Crippen LogP contribution in [0.4, 0.5) is 4.79 Å². The van der Waals surface area contributed by atoms with Gasteiger partial charge in [0.05, 0.1) is 0 Å². The van der Waals surface area contributed by atoms with Crippen molar-refractivity contribution in [3.63, 3.8) is 0 Å². The van der Waals surface area contributed by atoms with Gasteiger partial charge in [0.1, 0.15) is 6.10 Å². The van der Waals surface area contributed by atoms with Crippen LogP contribution in [0, 0.1) is 0 Å². The van der Waals surface area contributed by atoms with Gasteiger partial charge in [-0.3, -0.25) is 4.84 Å². The molecular weight excluding hydrogens is 182 g/mol. The van der Waals surface area contributed by atoms with Crippen LogP contribution in [0.1, 0.15) is 18.6 Å². The summed E-state index contributed by atoms with van der Waals surface area (Å²) in [6.07, 6.45) is -1.37. The Kier molecular flexibility index (Phi) is 3.48. The van der Waals surface area contributed by atoms with Gasteiger partial charge in [-0.1, -0.05) is 30.3 Å². The first-order valence-electron chi connectivity index (χ1n) is 4.29. The summed E-state index contributed by atoms with van der Waals surface area (Å²) in [6.45, 7) is 1.80. The smallest absolute Gasteiger partial charge is 0.431 e. The highest BCUT2D eigenvalue weighted by molar-refractivity contribution is 5.63. The minimum absolute atomic E-state index is 0.266. The first-order chi connectivity index (χ1) is 6.61. The third-order valence-electron chi connectivity index (χ3n) is 1.85. The van der Waals surface area contributed by atoms with E-state index in [4.69, 9.17) is 9.94 Å². The number of carboxylic acid groups (broad SMARTS) is 1. The maximum atomic E-state index is 10.5. The lowest BCUT2D eigenvalue weighted by Crippen LogP contribution is -2.26. The molecule has 1 N–H and O–H groups in total. The molecule has 0 bridgehead atoms. The van der Waals surface area contributed by atoms with Gasteiger partial charge in [0.2, 0.25) is 0 Å². The maximum Gasteiger partial charge on any atom is 0.431 e. The summed E-state index contributed by atoms with van der Waals surface area (Å²) in [7, 11) is 1.36. The third kappa shape index (κ3) is 2.74. The van der Waals surface area contributed by atoms with Gasteiger partial charge < -0.3 is 5.11 Å². The topological polar surface area (TPSA) is 49.8 Å². The Bertz CT molecular complexity index is 299. The number of carbonyl (C=O) groups is 1. The average Bonchev–Trinajstić information content (AvgIpc) is 2.19. The zero-order chi connectivity index (χ0) is 10.6. The fourth-order valence-corrected chi connectivity index (χ4v) is 1.07. The van der Waals surface area contributed by atoms with Crippen molar-refractivity contribution in [1.82, 2.24) is 5.06 Å². The molecule has 0 aromatic heterocycles. The van der Waals surface area contributed by atoms with Crippen molar-refractivity contribution >= 4 is 6.09 Å². The quantitative estimate of drug-likeness (QED) is 0.753. The van der Waals surface area contributed by atoms with Crippen LogP contribution in [0.2, 0.25) is 0 Å². The Balaban J connectivity index is 2.59. The summed E-state index contributed by atoms with van der Waals surface area (Å²) in [6, 6.07) is 9.45. The van der Waals surface area contributed by atoms with Crippen molar-refractivity contribution in [2.45, 2.75) is 13.0 Å². The van der Waals surface area contributed by atoms with Crippen LogP contribution in [-0.2, 0) is 4.84 Å². The molecule has 0 fully saturated rings. The van der Waals surface area contributed by atoms with Crippen molar-refractivity contribution in [2.24, 2.45) is 0 Å². The van der Waals surface area contributed by atoms with Crippen molar-refractivity contribution in [3.05, 3.63) is 35.9 Å². The molecule has 1 atom stereocenters. The molecule has 76 valence electrons. The van der Waals surface area contributed by atoms with Gasteiger partial charge in [-0.25, -0.2) is 4.79 Å². The van der Waals surface area contributed by atoms with Gasteiger partial charge in [0, 0.05) is 7.05 Å². The minimum Gasteiger partial charge on any atom is -0.463 e. The predicted octanol–water partition coefficient (Wildman–Crippen LogP) is 2.29. The lowest BCUT2D eigenvalue weighted by atomic mass is 10.1. The SMILES string of the molecule is CC(ON(C)C(=O)O)c1ccccc1. The van der Waals surface area contributed by atoms with Gasteiger partial charge in [0.15, 0.2) is 0 Å². The highest BCUT2D eigenvalue weighted by atomic mass is 16.7. The van der Waals surface area contributed by atoms with E-state index in [-0.39, 0.29) is 6.10 Å². The first-order valence-corrected chi connectivity index (χ1v) is 4.29. The highest BCUT2D eigenvalue weighted by Gasteiger charge is 2.12. The molecule has 1 rings (SSSR count). The normalized spacial score (nSPS) is 12.1. The van der Waals surface area contributed by atoms with Gasteiger partial charge in [-0.15, -0.1) is 0 Å². The van der Waals surface area contributed by atoms with E-state index >= 15 is 0 Å². The van der Waals surface area contributed by atoms with Crippen LogP contribution in [-0.4, -0.2) is 23.3 Å². The summed E-state index contributed by atoms with van der Waals surface area (Å²) in [4.78, 5) is 15.6. The molecule has 0 aliphatic rings. The molecule has 0 saturated heterocycles. The number of rotatable bonds is 3. The minimum atomic E-state index is -1.10. The Hall–Kier alpha value is -1.55. The van der Waals surface area contributed by atoms with E-state index < -0.39 is 6.09 Å². The molecule has 0 heterocycles. The first kappa shape index (κ1) is 10.5. The molecule has 14 heavy (non-hydrogen) atoms. The second-order valence-electron chi connectivity index (χ2n) is 2.94. The van der Waals surface area contributed by atoms with Crippen LogP contribution in [0.5, 0.6) is 0 Å². The highest BCUT2D eigenvalue weighted by Crippen LogP contribution is 2.16. The van der Waals surface area contributed by atoms with E-state index in [0.717, 1.165) is 10.6 Å². The van der Waals surface area contributed by atoms with Crippen molar-refractivity contribution in [1.29, 1.82) is 0 Å². The van der Waals surface area contributed by atoms with Crippen LogP contribution < -0.4 is 0 Å². The fraction of sp³-hybridized carbons (Fsp3) is 0.300. The lowest BCUT2D eigenvalue weighted by molar-refractivity contribution is -0.151. The zero-order valence-corrected chi connectivity index (χ0v) is 8.18. The monoisotopic (exact) mass is 195 g/mol. The Labute approximate surface area is 82.7 Å². The molecule has 0 aliphatic carbocycles. The van der Waals surface area contributed by atoms with Crippen molar-refractivity contribution < 1.29 is 14.7 Å². The van der Waals surface area contributed by atoms with E-state index in [1.807, 2.05) is 30.3 Å². The fourth-order valence-electron chi connectivity index (χ4n) is 1.07. The van der Waals surface area contributed by atoms with Crippen LogP contribution in [0.25, 0.3) is 0 Å². The van der Waals surface area contributed by atoms with Gasteiger partial charge >= 0.3 is 6.09 Å². The molecule has 1 amide bonds.